The summed E-state index contributed by atoms with van der Waals surface area (Å²) in [5, 5.41) is 3.21. The molecule has 2 saturated heterocycles. The van der Waals surface area contributed by atoms with Crippen molar-refractivity contribution in [1.29, 1.82) is 0 Å². The third kappa shape index (κ3) is 3.15. The molecular formula is C31H22N4O3. The molecule has 3 unspecified atom stereocenters. The lowest BCUT2D eigenvalue weighted by molar-refractivity contribution is -0.123. The summed E-state index contributed by atoms with van der Waals surface area (Å²) >= 11 is 0. The minimum Gasteiger partial charge on any atom is -0.273 e. The zero-order valence-electron chi connectivity index (χ0n) is 20.2. The molecular weight excluding hydrogens is 476 g/mol. The van der Waals surface area contributed by atoms with Crippen LogP contribution in [-0.4, -0.2) is 40.6 Å². The van der Waals surface area contributed by atoms with Crippen LogP contribution >= 0.6 is 0 Å². The van der Waals surface area contributed by atoms with E-state index in [2.05, 4.69) is 0 Å². The van der Waals surface area contributed by atoms with Crippen molar-refractivity contribution < 1.29 is 14.4 Å². The summed E-state index contributed by atoms with van der Waals surface area (Å²) in [6, 6.07) is 34.1. The minimum atomic E-state index is -1.02. The Morgan fingerprint density at radius 1 is 0.684 bits per heavy atom. The molecule has 2 fully saturated rings. The Kier molecular flexibility index (Phi) is 4.97. The molecule has 3 heterocycles. The van der Waals surface area contributed by atoms with Gasteiger partial charge in [0, 0.05) is 16.7 Å². The normalized spacial score (nSPS) is 21.6. The van der Waals surface area contributed by atoms with Gasteiger partial charge in [-0.15, -0.1) is 0 Å². The van der Waals surface area contributed by atoms with Gasteiger partial charge in [-0.1, -0.05) is 84.9 Å². The highest BCUT2D eigenvalue weighted by Gasteiger charge is 2.64. The number of imide groups is 1. The predicted octanol–water partition coefficient (Wildman–Crippen LogP) is 4.30. The van der Waals surface area contributed by atoms with Crippen LogP contribution in [0.1, 0.15) is 21.5 Å². The van der Waals surface area contributed by atoms with Crippen LogP contribution in [-0.2, 0) is 9.59 Å². The zero-order valence-corrected chi connectivity index (χ0v) is 20.2. The van der Waals surface area contributed by atoms with E-state index < -0.39 is 24.0 Å². The summed E-state index contributed by atoms with van der Waals surface area (Å²) in [5.74, 6) is -2.01. The van der Waals surface area contributed by atoms with Gasteiger partial charge < -0.3 is 0 Å². The average Bonchev–Trinajstić information content (AvgIpc) is 3.45. The molecule has 3 aliphatic heterocycles. The Bertz CT molecular complexity index is 1600. The number of para-hydroxylation sites is 2. The highest BCUT2D eigenvalue weighted by Crippen LogP contribution is 2.46. The fourth-order valence-electron chi connectivity index (χ4n) is 5.70. The standard InChI is InChI=1S/C31H22N4O3/c36-29(21-14-6-2-7-15-21)35-27-25(30(37)33(31(27)38)22-16-8-3-9-17-22)28-32-26(20-12-4-1-5-13-20)23-18-10-11-19-24(23)34(28)35/h1-19,25,27-28H. The van der Waals surface area contributed by atoms with E-state index in [1.807, 2.05) is 66.7 Å². The number of amides is 3. The van der Waals surface area contributed by atoms with E-state index in [1.165, 1.54) is 9.91 Å². The molecule has 0 radical (unpaired) electrons. The first kappa shape index (κ1) is 22.2. The predicted molar refractivity (Wildman–Crippen MR) is 144 cm³/mol. The largest absolute Gasteiger partial charge is 0.273 e. The van der Waals surface area contributed by atoms with Crippen molar-refractivity contribution in [2.24, 2.45) is 10.9 Å². The molecule has 0 aliphatic carbocycles. The molecule has 7 nitrogen and oxygen atoms in total. The van der Waals surface area contributed by atoms with Crippen molar-refractivity contribution in [3.8, 4) is 0 Å². The Morgan fingerprint density at radius 2 is 1.29 bits per heavy atom. The summed E-state index contributed by atoms with van der Waals surface area (Å²) in [6.45, 7) is 0. The lowest BCUT2D eigenvalue weighted by atomic mass is 9.95. The van der Waals surface area contributed by atoms with Gasteiger partial charge >= 0.3 is 0 Å². The van der Waals surface area contributed by atoms with Crippen LogP contribution in [0.5, 0.6) is 0 Å². The van der Waals surface area contributed by atoms with Crippen molar-refractivity contribution >= 4 is 34.8 Å². The van der Waals surface area contributed by atoms with E-state index in [9.17, 15) is 14.4 Å². The maximum absolute atomic E-state index is 14.1. The van der Waals surface area contributed by atoms with Crippen molar-refractivity contribution in [1.82, 2.24) is 5.01 Å². The molecule has 4 aromatic rings. The summed E-state index contributed by atoms with van der Waals surface area (Å²) < 4.78 is 0. The van der Waals surface area contributed by atoms with Crippen LogP contribution in [0.2, 0.25) is 0 Å². The molecule has 0 spiro atoms. The maximum atomic E-state index is 14.1. The number of nitrogens with zero attached hydrogens (tertiary/aromatic N) is 4. The fourth-order valence-corrected chi connectivity index (χ4v) is 5.70. The number of benzene rings is 4. The van der Waals surface area contributed by atoms with Crippen LogP contribution in [0.3, 0.4) is 0 Å². The Labute approximate surface area is 219 Å². The van der Waals surface area contributed by atoms with Crippen LogP contribution < -0.4 is 9.91 Å². The molecule has 0 N–H and O–H groups in total. The smallest absolute Gasteiger partial charge is 0.273 e. The summed E-state index contributed by atoms with van der Waals surface area (Å²) in [4.78, 5) is 48.3. The molecule has 0 aromatic heterocycles. The van der Waals surface area contributed by atoms with E-state index in [0.29, 0.717) is 11.3 Å². The lowest BCUT2D eigenvalue weighted by Gasteiger charge is -2.39. The fraction of sp³-hybridized carbons (Fsp3) is 0.0968. The number of rotatable bonds is 3. The summed E-state index contributed by atoms with van der Waals surface area (Å²) in [7, 11) is 0. The first-order valence-corrected chi connectivity index (χ1v) is 12.5. The number of carbonyl (C=O) groups is 3. The second-order valence-electron chi connectivity index (χ2n) is 9.45. The number of hydrogen-bond acceptors (Lipinski definition) is 5. The van der Waals surface area contributed by atoms with Gasteiger partial charge in [0.15, 0.2) is 6.17 Å². The quantitative estimate of drug-likeness (QED) is 0.395. The number of hydrogen-bond donors (Lipinski definition) is 0. The van der Waals surface area contributed by atoms with E-state index in [1.54, 1.807) is 53.5 Å². The Balaban J connectivity index is 1.44. The van der Waals surface area contributed by atoms with Gasteiger partial charge in [0.1, 0.15) is 12.0 Å². The van der Waals surface area contributed by atoms with E-state index in [4.69, 9.17) is 4.99 Å². The van der Waals surface area contributed by atoms with Gasteiger partial charge in [-0.2, -0.15) is 0 Å². The van der Waals surface area contributed by atoms with Crippen LogP contribution in [0.4, 0.5) is 11.4 Å². The van der Waals surface area contributed by atoms with Gasteiger partial charge in [0.2, 0.25) is 5.91 Å². The first-order valence-electron chi connectivity index (χ1n) is 12.5. The van der Waals surface area contributed by atoms with Gasteiger partial charge in [0.25, 0.3) is 11.8 Å². The van der Waals surface area contributed by atoms with Crippen LogP contribution in [0.25, 0.3) is 0 Å². The first-order chi connectivity index (χ1) is 18.6. The summed E-state index contributed by atoms with van der Waals surface area (Å²) in [5.41, 5.74) is 4.12. The van der Waals surface area contributed by atoms with Gasteiger partial charge in [-0.25, -0.2) is 9.91 Å². The van der Waals surface area contributed by atoms with Gasteiger partial charge in [-0.05, 0) is 30.3 Å². The molecule has 3 amide bonds. The highest BCUT2D eigenvalue weighted by atomic mass is 16.2. The summed E-state index contributed by atoms with van der Waals surface area (Å²) in [6.07, 6.45) is -0.761. The topological polar surface area (TPSA) is 73.3 Å². The van der Waals surface area contributed by atoms with Crippen LogP contribution in [0.15, 0.2) is 120 Å². The Hall–Kier alpha value is -5.04. The zero-order chi connectivity index (χ0) is 25.8. The Morgan fingerprint density at radius 3 is 2.00 bits per heavy atom. The monoisotopic (exact) mass is 498 g/mol. The molecule has 7 heteroatoms. The number of hydrazine groups is 1. The second kappa shape index (κ2) is 8.52. The highest BCUT2D eigenvalue weighted by molar-refractivity contribution is 6.26. The van der Waals surface area contributed by atoms with Crippen molar-refractivity contribution in [2.75, 3.05) is 9.91 Å². The molecule has 0 saturated carbocycles. The molecule has 0 bridgehead atoms. The third-order valence-electron chi connectivity index (χ3n) is 7.34. The molecule has 38 heavy (non-hydrogen) atoms. The third-order valence-corrected chi connectivity index (χ3v) is 7.34. The minimum absolute atomic E-state index is 0.354. The average molecular weight is 499 g/mol. The molecule has 4 aromatic carbocycles. The second-order valence-corrected chi connectivity index (χ2v) is 9.45. The van der Waals surface area contributed by atoms with E-state index in [-0.39, 0.29) is 11.8 Å². The van der Waals surface area contributed by atoms with Crippen molar-refractivity contribution in [2.45, 2.75) is 12.2 Å². The number of aliphatic imine (C=N–C) groups is 1. The molecule has 7 rings (SSSR count). The lowest BCUT2D eigenvalue weighted by Crippen LogP contribution is -2.53. The number of carbonyl (C=O) groups excluding carboxylic acids is 3. The number of anilines is 2. The molecule has 3 atom stereocenters. The van der Waals surface area contributed by atoms with Gasteiger partial charge in [-0.3, -0.25) is 24.4 Å². The molecule has 184 valence electrons. The maximum Gasteiger partial charge on any atom is 0.273 e. The van der Waals surface area contributed by atoms with Crippen molar-refractivity contribution in [3.63, 3.8) is 0 Å². The van der Waals surface area contributed by atoms with Crippen LogP contribution in [0, 0.1) is 5.92 Å². The van der Waals surface area contributed by atoms with E-state index in [0.717, 1.165) is 22.5 Å². The SMILES string of the molecule is O=C1C2C(C(=O)N1c1ccccc1)N(C(=O)c1ccccc1)N1c3ccccc3C(c3ccccc3)=NC21. The number of fused-ring (bicyclic) bond motifs is 5. The molecule has 3 aliphatic rings. The van der Waals surface area contributed by atoms with Gasteiger partial charge in [0.05, 0.1) is 17.1 Å². The van der Waals surface area contributed by atoms with E-state index >= 15 is 0 Å². The van der Waals surface area contributed by atoms with Crippen molar-refractivity contribution in [3.05, 3.63) is 132 Å².